The molecule has 2 N–H and O–H groups in total. The first-order valence-corrected chi connectivity index (χ1v) is 7.80. The van der Waals surface area contributed by atoms with Gasteiger partial charge in [0, 0.05) is 0 Å². The maximum atomic E-state index is 12.4. The van der Waals surface area contributed by atoms with Crippen molar-refractivity contribution in [2.75, 3.05) is 5.73 Å². The lowest BCUT2D eigenvalue weighted by molar-refractivity contribution is 0.0864. The molecule has 0 unspecified atom stereocenters. The van der Waals surface area contributed by atoms with Crippen molar-refractivity contribution in [2.45, 2.75) is 11.4 Å². The van der Waals surface area contributed by atoms with Crippen LogP contribution >= 0.6 is 11.6 Å². The number of nitrogens with two attached hydrogens (primary N) is 1. The third kappa shape index (κ3) is 2.14. The van der Waals surface area contributed by atoms with Gasteiger partial charge in [-0.25, -0.2) is 17.7 Å². The Hall–Kier alpha value is -2.12. The minimum Gasteiger partial charge on any atom is -0.384 e. The number of sulfonamides is 1. The summed E-state index contributed by atoms with van der Waals surface area (Å²) in [6, 6.07) is 9.07. The van der Waals surface area contributed by atoms with Crippen LogP contribution in [0, 0.1) is 0 Å². The van der Waals surface area contributed by atoms with Crippen molar-refractivity contribution in [1.29, 1.82) is 0 Å². The Morgan fingerprint density at radius 3 is 2.62 bits per heavy atom. The molecule has 0 atom stereocenters. The van der Waals surface area contributed by atoms with E-state index < -0.39 is 15.9 Å². The first-order valence-electron chi connectivity index (χ1n) is 5.98. The molecule has 3 rings (SSSR count). The lowest BCUT2D eigenvalue weighted by Crippen LogP contribution is -2.30. The first-order chi connectivity index (χ1) is 9.91. The highest BCUT2D eigenvalue weighted by Crippen LogP contribution is 2.32. The van der Waals surface area contributed by atoms with Crippen molar-refractivity contribution >= 4 is 33.3 Å². The molecule has 1 aromatic heterocycles. The average Bonchev–Trinajstić information content (AvgIpc) is 2.64. The van der Waals surface area contributed by atoms with Crippen LogP contribution in [0.4, 0.5) is 5.82 Å². The van der Waals surface area contributed by atoms with E-state index in [1.807, 2.05) is 0 Å². The van der Waals surface area contributed by atoms with Gasteiger partial charge in [-0.1, -0.05) is 23.7 Å². The summed E-state index contributed by atoms with van der Waals surface area (Å²) < 4.78 is 25.6. The lowest BCUT2D eigenvalue weighted by atomic mass is 10.2. The van der Waals surface area contributed by atoms with E-state index in [4.69, 9.17) is 17.3 Å². The molecule has 8 heteroatoms. The van der Waals surface area contributed by atoms with Gasteiger partial charge in [0.25, 0.3) is 15.9 Å². The van der Waals surface area contributed by atoms with Crippen molar-refractivity contribution in [3.63, 3.8) is 0 Å². The predicted octanol–water partition coefficient (Wildman–Crippen LogP) is 1.66. The number of aromatic nitrogens is 1. The molecule has 2 heterocycles. The summed E-state index contributed by atoms with van der Waals surface area (Å²) in [5, 5.41) is 0.253. The largest absolute Gasteiger partial charge is 0.384 e. The molecule has 0 radical (unpaired) electrons. The summed E-state index contributed by atoms with van der Waals surface area (Å²) in [6.07, 6.45) is 0. The monoisotopic (exact) mass is 323 g/mol. The normalized spacial score (nSPS) is 16.0. The molecule has 0 saturated heterocycles. The zero-order valence-corrected chi connectivity index (χ0v) is 12.2. The molecule has 6 nitrogen and oxygen atoms in total. The number of carbonyl (C=O) groups excluding carboxylic acids is 1. The van der Waals surface area contributed by atoms with E-state index in [1.165, 1.54) is 24.3 Å². The first kappa shape index (κ1) is 13.8. The molecule has 0 aliphatic carbocycles. The molecule has 0 fully saturated rings. The van der Waals surface area contributed by atoms with Crippen LogP contribution in [0.25, 0.3) is 0 Å². The smallest absolute Gasteiger partial charge is 0.269 e. The van der Waals surface area contributed by atoms with E-state index in [0.717, 1.165) is 4.31 Å². The van der Waals surface area contributed by atoms with E-state index in [2.05, 4.69) is 4.98 Å². The van der Waals surface area contributed by atoms with Crippen LogP contribution in [-0.2, 0) is 16.6 Å². The molecule has 1 aliphatic rings. The fraction of sp³-hybridized carbons (Fsp3) is 0.0769. The number of pyridine rings is 1. The Balaban J connectivity index is 2.05. The Morgan fingerprint density at radius 1 is 1.19 bits per heavy atom. The average molecular weight is 324 g/mol. The number of hydrogen-bond acceptors (Lipinski definition) is 5. The van der Waals surface area contributed by atoms with Gasteiger partial charge in [-0.05, 0) is 24.3 Å². The highest BCUT2D eigenvalue weighted by Gasteiger charge is 2.41. The van der Waals surface area contributed by atoms with Gasteiger partial charge in [-0.15, -0.1) is 0 Å². The number of halogens is 1. The Bertz CT molecular complexity index is 851. The van der Waals surface area contributed by atoms with Crippen LogP contribution in [0.3, 0.4) is 0 Å². The van der Waals surface area contributed by atoms with Gasteiger partial charge >= 0.3 is 0 Å². The highest BCUT2D eigenvalue weighted by atomic mass is 35.5. The molecule has 21 heavy (non-hydrogen) atoms. The van der Waals surface area contributed by atoms with Gasteiger partial charge in [0.1, 0.15) is 10.7 Å². The third-order valence-corrected chi connectivity index (χ3v) is 5.28. The number of nitrogen functional groups attached to an aromatic ring is 1. The summed E-state index contributed by atoms with van der Waals surface area (Å²) >= 11 is 5.98. The summed E-state index contributed by atoms with van der Waals surface area (Å²) in [4.78, 5) is 16.2. The van der Waals surface area contributed by atoms with E-state index in [0.29, 0.717) is 0 Å². The van der Waals surface area contributed by atoms with Crippen LogP contribution in [0.2, 0.25) is 5.02 Å². The van der Waals surface area contributed by atoms with Crippen LogP contribution in [0.1, 0.15) is 16.1 Å². The van der Waals surface area contributed by atoms with Crippen LogP contribution in [0.15, 0.2) is 41.3 Å². The molecule has 108 valence electrons. The SMILES string of the molecule is Nc1ccc(Cl)c(CN2C(=O)c3ccccc3S2(=O)=O)n1. The number of benzene rings is 1. The zero-order valence-electron chi connectivity index (χ0n) is 10.7. The third-order valence-electron chi connectivity index (χ3n) is 3.15. The molecule has 2 aromatic rings. The van der Waals surface area contributed by atoms with Crippen molar-refractivity contribution in [2.24, 2.45) is 0 Å². The highest BCUT2D eigenvalue weighted by molar-refractivity contribution is 7.90. The Kier molecular flexibility index (Phi) is 3.11. The second-order valence-electron chi connectivity index (χ2n) is 4.48. The number of carbonyl (C=O) groups is 1. The van der Waals surface area contributed by atoms with E-state index in [1.54, 1.807) is 12.1 Å². The van der Waals surface area contributed by atoms with Crippen molar-refractivity contribution in [3.05, 3.63) is 52.7 Å². The quantitative estimate of drug-likeness (QED) is 0.907. The van der Waals surface area contributed by atoms with Crippen LogP contribution in [0.5, 0.6) is 0 Å². The number of amides is 1. The molecule has 0 bridgehead atoms. The van der Waals surface area contributed by atoms with Gasteiger partial charge < -0.3 is 5.73 Å². The number of fused-ring (bicyclic) bond motifs is 1. The topological polar surface area (TPSA) is 93.4 Å². The Labute approximate surface area is 126 Å². The molecule has 1 amide bonds. The number of nitrogens with zero attached hydrogens (tertiary/aromatic N) is 2. The lowest BCUT2D eigenvalue weighted by Gasteiger charge is -2.15. The van der Waals surface area contributed by atoms with Gasteiger partial charge in [-0.3, -0.25) is 4.79 Å². The minimum atomic E-state index is -3.88. The molecule has 0 saturated carbocycles. The second-order valence-corrected chi connectivity index (χ2v) is 6.72. The summed E-state index contributed by atoms with van der Waals surface area (Å²) in [5.74, 6) is -0.387. The van der Waals surface area contributed by atoms with Gasteiger partial charge in [0.2, 0.25) is 0 Å². The fourth-order valence-electron chi connectivity index (χ4n) is 2.14. The minimum absolute atomic E-state index is 0.00461. The molecular weight excluding hydrogens is 314 g/mol. The van der Waals surface area contributed by atoms with Gasteiger partial charge in [-0.2, -0.15) is 0 Å². The van der Waals surface area contributed by atoms with Crippen LogP contribution in [-0.4, -0.2) is 23.6 Å². The maximum Gasteiger partial charge on any atom is 0.269 e. The molecular formula is C13H10ClN3O3S. The van der Waals surface area contributed by atoms with Crippen molar-refractivity contribution in [1.82, 2.24) is 9.29 Å². The second kappa shape index (κ2) is 4.71. The van der Waals surface area contributed by atoms with E-state index in [9.17, 15) is 13.2 Å². The summed E-state index contributed by atoms with van der Waals surface area (Å²) in [7, 11) is -3.88. The van der Waals surface area contributed by atoms with Crippen molar-refractivity contribution < 1.29 is 13.2 Å². The zero-order chi connectivity index (χ0) is 15.2. The fourth-order valence-corrected chi connectivity index (χ4v) is 3.83. The molecule has 1 aliphatic heterocycles. The van der Waals surface area contributed by atoms with Gasteiger partial charge in [0.05, 0.1) is 22.8 Å². The Morgan fingerprint density at radius 2 is 1.90 bits per heavy atom. The predicted molar refractivity (Wildman–Crippen MR) is 77.2 cm³/mol. The molecule has 0 spiro atoms. The maximum absolute atomic E-state index is 12.4. The summed E-state index contributed by atoms with van der Waals surface area (Å²) in [5.41, 5.74) is 5.95. The number of hydrogen-bond donors (Lipinski definition) is 1. The molecule has 1 aromatic carbocycles. The van der Waals surface area contributed by atoms with E-state index >= 15 is 0 Å². The standard InChI is InChI=1S/C13H10ClN3O3S/c14-9-5-6-12(15)16-10(9)7-17-13(18)8-3-1-2-4-11(8)21(17,19)20/h1-6H,7H2,(H2,15,16). The number of rotatable bonds is 2. The van der Waals surface area contributed by atoms with Crippen molar-refractivity contribution in [3.8, 4) is 0 Å². The van der Waals surface area contributed by atoms with Crippen LogP contribution < -0.4 is 5.73 Å². The van der Waals surface area contributed by atoms with Gasteiger partial charge in [0.15, 0.2) is 0 Å². The van der Waals surface area contributed by atoms with E-state index in [-0.39, 0.29) is 33.5 Å². The summed E-state index contributed by atoms with van der Waals surface area (Å²) in [6.45, 7) is -0.250. The number of anilines is 1.